The Morgan fingerprint density at radius 1 is 1.08 bits per heavy atom. The van der Waals surface area contributed by atoms with Crippen molar-refractivity contribution in [3.63, 3.8) is 0 Å². The van der Waals surface area contributed by atoms with Gasteiger partial charge in [-0.05, 0) is 68.6 Å². The van der Waals surface area contributed by atoms with Crippen molar-refractivity contribution >= 4 is 65.7 Å². The van der Waals surface area contributed by atoms with Crippen LogP contribution in [0.3, 0.4) is 0 Å². The number of halogens is 2. The normalized spacial score (nSPS) is 25.6. The second-order valence-electron chi connectivity index (χ2n) is 15.1. The monoisotopic (exact) mass is 851 g/mol. The smallest absolute Gasteiger partial charge is 0.408 e. The molecule has 1 aromatic heterocycles. The lowest BCUT2D eigenvalue weighted by molar-refractivity contribution is -0.142. The topological polar surface area (TPSA) is 182 Å². The fourth-order valence-electron chi connectivity index (χ4n) is 6.93. The molecule has 51 heavy (non-hydrogen) atoms. The first-order valence-electron chi connectivity index (χ1n) is 17.2. The van der Waals surface area contributed by atoms with Crippen molar-refractivity contribution in [1.29, 1.82) is 0 Å². The zero-order chi connectivity index (χ0) is 36.9. The first-order valence-corrected chi connectivity index (χ1v) is 20.3. The molecule has 1 aliphatic heterocycles. The molecule has 2 aromatic rings. The van der Waals surface area contributed by atoms with E-state index in [0.29, 0.717) is 18.5 Å². The molecule has 276 valence electrons. The van der Waals surface area contributed by atoms with Gasteiger partial charge in [0.2, 0.25) is 21.8 Å². The number of sulfonamides is 1. The first-order chi connectivity index (χ1) is 24.0. The molecule has 0 spiro atoms. The van der Waals surface area contributed by atoms with E-state index in [1.54, 1.807) is 10.9 Å². The van der Waals surface area contributed by atoms with E-state index in [4.69, 9.17) is 4.74 Å². The average molecular weight is 854 g/mol. The Labute approximate surface area is 314 Å². The summed E-state index contributed by atoms with van der Waals surface area (Å²) in [6.07, 6.45) is 6.99. The van der Waals surface area contributed by atoms with E-state index < -0.39 is 74.1 Å². The Bertz CT molecular complexity index is 1820. The summed E-state index contributed by atoms with van der Waals surface area (Å²) in [6, 6.07) is 3.03. The molecule has 4 fully saturated rings. The molecule has 0 bridgehead atoms. The predicted octanol–water partition coefficient (Wildman–Crippen LogP) is 4.36. The van der Waals surface area contributed by atoms with Crippen LogP contribution in [-0.4, -0.2) is 87.6 Å². The van der Waals surface area contributed by atoms with Gasteiger partial charge in [-0.15, -0.1) is 11.7 Å². The maximum absolute atomic E-state index is 14.5. The van der Waals surface area contributed by atoms with Crippen LogP contribution in [0.4, 0.5) is 4.79 Å². The minimum atomic E-state index is -3.89. The number of hydrogen-bond donors (Lipinski definition) is 3. The van der Waals surface area contributed by atoms with E-state index in [0.717, 1.165) is 40.2 Å². The second-order valence-corrected chi connectivity index (χ2v) is 18.9. The third-order valence-electron chi connectivity index (χ3n) is 10.1. The second kappa shape index (κ2) is 14.3. The third kappa shape index (κ3) is 8.19. The van der Waals surface area contributed by atoms with Crippen LogP contribution in [-0.2, 0) is 29.1 Å². The highest BCUT2D eigenvalue weighted by atomic mass is 79.9. The molecule has 14 nitrogen and oxygen atoms in total. The van der Waals surface area contributed by atoms with Gasteiger partial charge in [0.1, 0.15) is 29.4 Å². The van der Waals surface area contributed by atoms with Crippen LogP contribution in [0.25, 0.3) is 11.3 Å². The first kappa shape index (κ1) is 37.4. The highest BCUT2D eigenvalue weighted by molar-refractivity contribution is 9.11. The lowest BCUT2D eigenvalue weighted by Crippen LogP contribution is -2.60. The largest absolute Gasteiger partial charge is 0.446 e. The van der Waals surface area contributed by atoms with Crippen LogP contribution >= 0.6 is 31.9 Å². The number of benzene rings is 1. The van der Waals surface area contributed by atoms with Crippen LogP contribution in [0.5, 0.6) is 0 Å². The summed E-state index contributed by atoms with van der Waals surface area (Å²) < 4.78 is 36.4. The van der Waals surface area contributed by atoms with Crippen LogP contribution in [0.15, 0.2) is 46.0 Å². The highest BCUT2D eigenvalue weighted by Gasteiger charge is 2.62. The summed E-state index contributed by atoms with van der Waals surface area (Å²) in [6.45, 7) is 9.26. The van der Waals surface area contributed by atoms with Gasteiger partial charge in [-0.2, -0.15) is 0 Å². The predicted molar refractivity (Wildman–Crippen MR) is 194 cm³/mol. The molecule has 1 aromatic carbocycles. The van der Waals surface area contributed by atoms with Gasteiger partial charge in [-0.25, -0.2) is 17.9 Å². The van der Waals surface area contributed by atoms with Crippen molar-refractivity contribution < 1.29 is 32.3 Å². The SMILES string of the molecule is C=C[C@@H]1C[C@]1(NC(=O)[C@@H]1C[C@@H](n2cc(-c3cc(Br)cc(Br)c3)nn2)CN1C(=O)[C@@H](NC(=O)OC1CCCC1)C(C)(C)C)C(=O)NS(=O)(=O)C1CC1. The Morgan fingerprint density at radius 3 is 2.33 bits per heavy atom. The fourth-order valence-corrected chi connectivity index (χ4v) is 9.59. The number of carbonyl (C=O) groups excluding carboxylic acids is 4. The Balaban J connectivity index is 1.28. The van der Waals surface area contributed by atoms with Gasteiger partial charge in [0.15, 0.2) is 0 Å². The maximum Gasteiger partial charge on any atom is 0.408 e. The summed E-state index contributed by atoms with van der Waals surface area (Å²) in [7, 11) is -3.89. The van der Waals surface area contributed by atoms with E-state index in [1.165, 1.54) is 11.0 Å². The van der Waals surface area contributed by atoms with Gasteiger partial charge in [0.05, 0.1) is 17.5 Å². The van der Waals surface area contributed by atoms with Gasteiger partial charge in [0.25, 0.3) is 5.91 Å². The van der Waals surface area contributed by atoms with Crippen molar-refractivity contribution in [1.82, 2.24) is 35.2 Å². The Hall–Kier alpha value is -3.31. The van der Waals surface area contributed by atoms with Crippen LogP contribution < -0.4 is 15.4 Å². The van der Waals surface area contributed by atoms with Gasteiger partial charge in [0, 0.05) is 33.4 Å². The number of rotatable bonds is 11. The van der Waals surface area contributed by atoms with E-state index in [1.807, 2.05) is 39.0 Å². The molecule has 0 radical (unpaired) electrons. The quantitative estimate of drug-likeness (QED) is 0.277. The maximum atomic E-state index is 14.5. The molecule has 6 rings (SSSR count). The number of ether oxygens (including phenoxy) is 1. The number of amides is 4. The number of alkyl carbamates (subject to hydrolysis) is 1. The lowest BCUT2D eigenvalue weighted by Gasteiger charge is -2.35. The Kier molecular flexibility index (Phi) is 10.5. The molecule has 3 aliphatic carbocycles. The minimum Gasteiger partial charge on any atom is -0.446 e. The zero-order valence-corrected chi connectivity index (χ0v) is 32.7. The molecule has 17 heteroatoms. The Morgan fingerprint density at radius 2 is 1.75 bits per heavy atom. The van der Waals surface area contributed by atoms with Crippen molar-refractivity contribution in [3.05, 3.63) is 46.0 Å². The minimum absolute atomic E-state index is 0.0496. The van der Waals surface area contributed by atoms with Crippen molar-refractivity contribution in [3.8, 4) is 11.3 Å². The van der Waals surface area contributed by atoms with Gasteiger partial charge >= 0.3 is 6.09 Å². The highest BCUT2D eigenvalue weighted by Crippen LogP contribution is 2.46. The number of likely N-dealkylation sites (tertiary alicyclic amines) is 1. The van der Waals surface area contributed by atoms with Crippen LogP contribution in [0.1, 0.15) is 78.2 Å². The average Bonchev–Trinajstić information content (AvgIpc) is 3.81. The summed E-state index contributed by atoms with van der Waals surface area (Å²) in [5.74, 6) is -2.47. The van der Waals surface area contributed by atoms with Crippen molar-refractivity contribution in [2.24, 2.45) is 11.3 Å². The third-order valence-corrected chi connectivity index (χ3v) is 12.8. The number of aromatic nitrogens is 3. The standard InChI is InChI=1S/C34H43Br2N7O7S/c1-5-20-16-34(20,31(46)40-51(48,49)25-10-11-25)38-29(44)27-15-23(43-18-26(39-41-43)19-12-21(35)14-22(36)13-19)17-42(27)30(45)28(33(2,3)4)37-32(47)50-24-8-6-7-9-24/h5,12-14,18,20,23-25,27-28H,1,6-11,15-17H2,2-4H3,(H,37,47)(H,38,44)(H,40,46)/t20-,23-,27+,28-,34-/m1/s1. The van der Waals surface area contributed by atoms with E-state index in [-0.39, 0.29) is 25.5 Å². The molecule has 1 saturated heterocycles. The summed E-state index contributed by atoms with van der Waals surface area (Å²) in [4.78, 5) is 56.7. The number of carbonyl (C=O) groups is 4. The number of nitrogens with zero attached hydrogens (tertiary/aromatic N) is 4. The van der Waals surface area contributed by atoms with E-state index in [2.05, 4.69) is 64.1 Å². The van der Waals surface area contributed by atoms with Crippen molar-refractivity contribution in [2.75, 3.05) is 6.54 Å². The molecule has 4 aliphatic rings. The van der Waals surface area contributed by atoms with Gasteiger partial charge < -0.3 is 20.3 Å². The zero-order valence-electron chi connectivity index (χ0n) is 28.7. The van der Waals surface area contributed by atoms with E-state index >= 15 is 0 Å². The molecule has 2 heterocycles. The summed E-state index contributed by atoms with van der Waals surface area (Å²) in [5.41, 5.74) is -0.943. The molecular weight excluding hydrogens is 810 g/mol. The number of hydrogen-bond acceptors (Lipinski definition) is 9. The molecular formula is C34H43Br2N7O7S. The van der Waals surface area contributed by atoms with E-state index in [9.17, 15) is 27.6 Å². The lowest BCUT2D eigenvalue weighted by atomic mass is 9.85. The molecule has 4 amide bonds. The fraction of sp³-hybridized carbons (Fsp3) is 0.588. The van der Waals surface area contributed by atoms with Gasteiger partial charge in [-0.3, -0.25) is 19.1 Å². The van der Waals surface area contributed by atoms with Crippen LogP contribution in [0, 0.1) is 11.3 Å². The number of nitrogens with one attached hydrogen (secondary N) is 3. The molecule has 3 saturated carbocycles. The molecule has 5 atom stereocenters. The van der Waals surface area contributed by atoms with Gasteiger partial charge in [-0.1, -0.05) is 63.9 Å². The molecule has 0 unspecified atom stereocenters. The van der Waals surface area contributed by atoms with Crippen LogP contribution in [0.2, 0.25) is 0 Å². The summed E-state index contributed by atoms with van der Waals surface area (Å²) in [5, 5.41) is 13.7. The van der Waals surface area contributed by atoms with Crippen molar-refractivity contribution in [2.45, 2.75) is 107 Å². The summed E-state index contributed by atoms with van der Waals surface area (Å²) >= 11 is 6.99. The molecule has 3 N–H and O–H groups in total.